The normalized spacial score (nSPS) is 18.2. The van der Waals surface area contributed by atoms with E-state index in [-0.39, 0.29) is 29.5 Å². The van der Waals surface area contributed by atoms with Gasteiger partial charge in [0, 0.05) is 37.8 Å². The summed E-state index contributed by atoms with van der Waals surface area (Å²) in [5.41, 5.74) is 1.13. The van der Waals surface area contributed by atoms with Gasteiger partial charge in [-0.15, -0.1) is 0 Å². The van der Waals surface area contributed by atoms with E-state index in [1.54, 1.807) is 50.1 Å². The number of halogens is 1. The fourth-order valence-corrected chi connectivity index (χ4v) is 3.78. The fraction of sp³-hybridized carbons (Fsp3) is 0.409. The van der Waals surface area contributed by atoms with Crippen LogP contribution in [0.25, 0.3) is 0 Å². The first-order valence-corrected chi connectivity index (χ1v) is 10.6. The summed E-state index contributed by atoms with van der Waals surface area (Å²) in [6.45, 7) is 3.32. The summed E-state index contributed by atoms with van der Waals surface area (Å²) < 4.78 is 0. The highest BCUT2D eigenvalue weighted by atomic mass is 35.5. The van der Waals surface area contributed by atoms with E-state index in [1.807, 2.05) is 0 Å². The molecule has 0 aromatic carbocycles. The lowest BCUT2D eigenvalue weighted by Gasteiger charge is -2.33. The number of hydrogen-bond donors (Lipinski definition) is 2. The number of nitrogens with zero attached hydrogens (tertiary/aromatic N) is 3. The number of pyridine rings is 2. The number of carbonyl (C=O) groups excluding carboxylic acids is 3. The maximum atomic E-state index is 12.9. The molecule has 9 heteroatoms. The molecule has 0 aliphatic heterocycles. The number of rotatable bonds is 5. The van der Waals surface area contributed by atoms with Crippen LogP contribution in [0.3, 0.4) is 0 Å². The van der Waals surface area contributed by atoms with Crippen LogP contribution in [0.5, 0.6) is 0 Å². The minimum absolute atomic E-state index is 0.0319. The monoisotopic (exact) mass is 443 g/mol. The molecule has 2 aromatic heterocycles. The van der Waals surface area contributed by atoms with Crippen LogP contribution < -0.4 is 10.6 Å². The van der Waals surface area contributed by atoms with Crippen LogP contribution in [-0.2, 0) is 9.59 Å². The highest BCUT2D eigenvalue weighted by Gasteiger charge is 2.29. The zero-order chi connectivity index (χ0) is 22.5. The average molecular weight is 444 g/mol. The molecule has 1 aliphatic carbocycles. The van der Waals surface area contributed by atoms with Crippen molar-refractivity contribution in [3.05, 3.63) is 46.9 Å². The zero-order valence-electron chi connectivity index (χ0n) is 17.8. The van der Waals surface area contributed by atoms with Gasteiger partial charge in [-0.2, -0.15) is 0 Å². The van der Waals surface area contributed by atoms with Crippen LogP contribution >= 0.6 is 11.6 Å². The minimum Gasteiger partial charge on any atom is -0.343 e. The molecule has 2 aromatic rings. The Bertz CT molecular complexity index is 972. The van der Waals surface area contributed by atoms with E-state index in [0.717, 1.165) is 12.8 Å². The molecular formula is C22H26ClN5O3. The van der Waals surface area contributed by atoms with Crippen molar-refractivity contribution in [3.63, 3.8) is 0 Å². The van der Waals surface area contributed by atoms with Crippen LogP contribution in [0.15, 0.2) is 30.5 Å². The van der Waals surface area contributed by atoms with Crippen molar-refractivity contribution < 1.29 is 14.4 Å². The summed E-state index contributed by atoms with van der Waals surface area (Å²) in [4.78, 5) is 47.3. The Morgan fingerprint density at radius 3 is 2.39 bits per heavy atom. The third-order valence-corrected chi connectivity index (χ3v) is 5.81. The average Bonchev–Trinajstić information content (AvgIpc) is 2.76. The molecule has 2 heterocycles. The maximum absolute atomic E-state index is 12.9. The Morgan fingerprint density at radius 2 is 1.77 bits per heavy atom. The first kappa shape index (κ1) is 22.7. The first-order chi connectivity index (χ1) is 14.7. The van der Waals surface area contributed by atoms with Crippen molar-refractivity contribution in [3.8, 4) is 0 Å². The lowest BCUT2D eigenvalue weighted by molar-refractivity contribution is -0.130. The molecule has 1 fully saturated rings. The van der Waals surface area contributed by atoms with Crippen LogP contribution in [0.2, 0.25) is 5.02 Å². The van der Waals surface area contributed by atoms with Crippen molar-refractivity contribution in [2.75, 3.05) is 17.7 Å². The van der Waals surface area contributed by atoms with Gasteiger partial charge in [0.25, 0.3) is 5.91 Å². The van der Waals surface area contributed by atoms with Crippen molar-refractivity contribution in [1.82, 2.24) is 14.9 Å². The number of carbonyl (C=O) groups is 3. The van der Waals surface area contributed by atoms with E-state index in [9.17, 15) is 14.4 Å². The van der Waals surface area contributed by atoms with Gasteiger partial charge in [0.05, 0.1) is 10.7 Å². The molecule has 1 aliphatic rings. The number of aryl methyl sites for hydroxylation is 1. The number of amides is 3. The minimum atomic E-state index is -0.472. The second kappa shape index (κ2) is 9.87. The smallest absolute Gasteiger partial charge is 0.277 e. The number of nitrogens with one attached hydrogen (secondary N) is 2. The molecule has 0 saturated heterocycles. The Hall–Kier alpha value is -3.00. The third-order valence-electron chi connectivity index (χ3n) is 5.59. The van der Waals surface area contributed by atoms with E-state index in [1.165, 1.54) is 6.20 Å². The van der Waals surface area contributed by atoms with Gasteiger partial charge >= 0.3 is 0 Å². The Balaban J connectivity index is 1.68. The molecule has 31 heavy (non-hydrogen) atoms. The van der Waals surface area contributed by atoms with Crippen molar-refractivity contribution in [2.45, 2.75) is 45.6 Å². The Kier molecular flexibility index (Phi) is 7.22. The van der Waals surface area contributed by atoms with E-state index in [0.29, 0.717) is 35.1 Å². The lowest BCUT2D eigenvalue weighted by Crippen LogP contribution is -2.40. The van der Waals surface area contributed by atoms with Gasteiger partial charge < -0.3 is 15.5 Å². The van der Waals surface area contributed by atoms with Crippen LogP contribution in [-0.4, -0.2) is 45.7 Å². The number of anilines is 2. The second-order valence-corrected chi connectivity index (χ2v) is 8.23. The van der Waals surface area contributed by atoms with E-state index >= 15 is 0 Å². The molecule has 2 N–H and O–H groups in total. The largest absolute Gasteiger partial charge is 0.343 e. The van der Waals surface area contributed by atoms with Gasteiger partial charge in [0.2, 0.25) is 11.8 Å². The molecule has 0 spiro atoms. The quantitative estimate of drug-likeness (QED) is 0.733. The first-order valence-electron chi connectivity index (χ1n) is 10.2. The van der Waals surface area contributed by atoms with E-state index < -0.39 is 5.91 Å². The highest BCUT2D eigenvalue weighted by Crippen LogP contribution is 2.29. The SMILES string of the molecule is CC(=O)N(C)C1CCC(C(=O)Nc2ccc(C)nc2C(=O)Nc2ccc(Cl)cn2)CC1. The summed E-state index contributed by atoms with van der Waals surface area (Å²) in [5.74, 6) is -0.423. The molecule has 0 atom stereocenters. The Labute approximate surface area is 186 Å². The third kappa shape index (κ3) is 5.79. The molecule has 0 bridgehead atoms. The van der Waals surface area contributed by atoms with Crippen molar-refractivity contribution in [1.29, 1.82) is 0 Å². The molecule has 8 nitrogen and oxygen atoms in total. The topological polar surface area (TPSA) is 104 Å². The van der Waals surface area contributed by atoms with Crippen molar-refractivity contribution in [2.24, 2.45) is 5.92 Å². The molecule has 164 valence electrons. The molecule has 0 unspecified atom stereocenters. The van der Waals surface area contributed by atoms with Gasteiger partial charge in [0.1, 0.15) is 5.82 Å². The van der Waals surface area contributed by atoms with Crippen molar-refractivity contribution >= 4 is 40.8 Å². The van der Waals surface area contributed by atoms with E-state index in [4.69, 9.17) is 11.6 Å². The zero-order valence-corrected chi connectivity index (χ0v) is 18.6. The molecule has 1 saturated carbocycles. The number of aromatic nitrogens is 2. The van der Waals surface area contributed by atoms with Gasteiger partial charge in [-0.05, 0) is 56.9 Å². The maximum Gasteiger partial charge on any atom is 0.277 e. The predicted octanol–water partition coefficient (Wildman–Crippen LogP) is 3.67. The van der Waals surface area contributed by atoms with Gasteiger partial charge in [0.15, 0.2) is 5.69 Å². The summed E-state index contributed by atoms with van der Waals surface area (Å²) in [7, 11) is 1.80. The summed E-state index contributed by atoms with van der Waals surface area (Å²) in [6, 6.07) is 6.79. The van der Waals surface area contributed by atoms with Crippen LogP contribution in [0, 0.1) is 12.8 Å². The highest BCUT2D eigenvalue weighted by molar-refractivity contribution is 6.30. The van der Waals surface area contributed by atoms with E-state index in [2.05, 4.69) is 20.6 Å². The van der Waals surface area contributed by atoms with Gasteiger partial charge in [-0.1, -0.05) is 11.6 Å². The number of hydrogen-bond acceptors (Lipinski definition) is 5. The second-order valence-electron chi connectivity index (χ2n) is 7.79. The standard InChI is InChI=1S/C22H26ClN5O3/c1-13-4-10-18(20(25-13)22(31)27-19-11-7-16(23)12-24-19)26-21(30)15-5-8-17(9-6-15)28(3)14(2)29/h4,7,10-12,15,17H,5-6,8-9H2,1-3H3,(H,26,30)(H,24,27,31). The lowest BCUT2D eigenvalue weighted by atomic mass is 9.85. The molecule has 3 rings (SSSR count). The molecule has 3 amide bonds. The van der Waals surface area contributed by atoms with Gasteiger partial charge in [-0.25, -0.2) is 9.97 Å². The Morgan fingerprint density at radius 1 is 1.06 bits per heavy atom. The summed E-state index contributed by atoms with van der Waals surface area (Å²) >= 11 is 5.83. The van der Waals surface area contributed by atoms with Crippen LogP contribution in [0.1, 0.15) is 48.8 Å². The predicted molar refractivity (Wildman–Crippen MR) is 119 cm³/mol. The molecule has 0 radical (unpaired) electrons. The fourth-order valence-electron chi connectivity index (χ4n) is 3.67. The summed E-state index contributed by atoms with van der Waals surface area (Å²) in [6.07, 6.45) is 4.35. The summed E-state index contributed by atoms with van der Waals surface area (Å²) in [5, 5.41) is 6.00. The molecular weight excluding hydrogens is 418 g/mol. The van der Waals surface area contributed by atoms with Gasteiger partial charge in [-0.3, -0.25) is 14.4 Å². The van der Waals surface area contributed by atoms with Crippen LogP contribution in [0.4, 0.5) is 11.5 Å².